The van der Waals surface area contributed by atoms with Crippen LogP contribution < -0.4 is 9.75 Å². The van der Waals surface area contributed by atoms with Gasteiger partial charge >= 0.3 is 0 Å². The van der Waals surface area contributed by atoms with Gasteiger partial charge in [0.15, 0.2) is 0 Å². The average molecular weight is 190 g/mol. The van der Waals surface area contributed by atoms with Crippen molar-refractivity contribution in [2.24, 2.45) is 0 Å². The molecule has 0 unspecified atom stereocenters. The van der Waals surface area contributed by atoms with Crippen molar-refractivity contribution in [1.29, 1.82) is 0 Å². The zero-order valence-corrected chi connectivity index (χ0v) is 8.62. The molecular formula is C12H14S. The minimum atomic E-state index is 1.26. The molecule has 1 aromatic heterocycles. The van der Waals surface area contributed by atoms with E-state index in [1.165, 1.54) is 38.5 Å². The van der Waals surface area contributed by atoms with Gasteiger partial charge in [-0.25, -0.2) is 0 Å². The van der Waals surface area contributed by atoms with Crippen LogP contribution in [-0.2, 0) is 12.8 Å². The lowest BCUT2D eigenvalue weighted by Gasteiger charge is -2.09. The summed E-state index contributed by atoms with van der Waals surface area (Å²) in [4.78, 5) is 1.69. The summed E-state index contributed by atoms with van der Waals surface area (Å²) < 4.78 is 1.57. The van der Waals surface area contributed by atoms with Crippen LogP contribution in [0.5, 0.6) is 0 Å². The number of aryl methyl sites for hydroxylation is 1. The molecule has 0 radical (unpaired) electrons. The topological polar surface area (TPSA) is 0 Å². The van der Waals surface area contributed by atoms with Gasteiger partial charge in [0, 0.05) is 9.41 Å². The van der Waals surface area contributed by atoms with E-state index in [2.05, 4.69) is 23.5 Å². The maximum atomic E-state index is 2.45. The average Bonchev–Trinajstić information content (AvgIpc) is 2.56. The molecule has 0 bridgehead atoms. The van der Waals surface area contributed by atoms with Crippen molar-refractivity contribution in [3.05, 3.63) is 20.2 Å². The zero-order chi connectivity index (χ0) is 8.67. The first-order valence-electron chi connectivity index (χ1n) is 5.26. The van der Waals surface area contributed by atoms with Gasteiger partial charge in [-0.05, 0) is 49.3 Å². The Hall–Kier alpha value is -0.560. The third-order valence-corrected chi connectivity index (χ3v) is 4.39. The van der Waals surface area contributed by atoms with E-state index in [0.29, 0.717) is 0 Å². The van der Waals surface area contributed by atoms with Crippen LogP contribution in [0.2, 0.25) is 0 Å². The van der Waals surface area contributed by atoms with Gasteiger partial charge in [0.1, 0.15) is 0 Å². The van der Waals surface area contributed by atoms with Gasteiger partial charge in [-0.3, -0.25) is 0 Å². The zero-order valence-electron chi connectivity index (χ0n) is 7.81. The predicted octanol–water partition coefficient (Wildman–Crippen LogP) is 1.98. The molecule has 0 aromatic carbocycles. The maximum Gasteiger partial charge on any atom is 0.0305 e. The standard InChI is InChI=1S/C12H14S/c1-3-7-11-9(5-1)10-6-2-4-8-12(10)13-11/h5,7H,1-4,6,8H2. The Morgan fingerprint density at radius 1 is 1.00 bits per heavy atom. The van der Waals surface area contributed by atoms with Gasteiger partial charge in [0.05, 0.1) is 0 Å². The summed E-state index contributed by atoms with van der Waals surface area (Å²) in [6.07, 6.45) is 12.9. The van der Waals surface area contributed by atoms with Crippen molar-refractivity contribution < 1.29 is 0 Å². The summed E-state index contributed by atoms with van der Waals surface area (Å²) in [7, 11) is 0. The summed E-state index contributed by atoms with van der Waals surface area (Å²) in [6, 6.07) is 0. The predicted molar refractivity (Wildman–Crippen MR) is 58.4 cm³/mol. The minimum absolute atomic E-state index is 1.26. The van der Waals surface area contributed by atoms with Crippen LogP contribution in [0.3, 0.4) is 0 Å². The van der Waals surface area contributed by atoms with Crippen molar-refractivity contribution in [3.63, 3.8) is 0 Å². The third-order valence-electron chi connectivity index (χ3n) is 3.09. The smallest absolute Gasteiger partial charge is 0.0305 e. The van der Waals surface area contributed by atoms with Crippen LogP contribution in [0.15, 0.2) is 0 Å². The molecule has 0 N–H and O–H groups in total. The number of hydrogen-bond donors (Lipinski definition) is 0. The molecule has 0 aliphatic heterocycles. The van der Waals surface area contributed by atoms with E-state index < -0.39 is 0 Å². The van der Waals surface area contributed by atoms with Gasteiger partial charge in [-0.15, -0.1) is 11.3 Å². The van der Waals surface area contributed by atoms with Crippen molar-refractivity contribution in [2.45, 2.75) is 38.5 Å². The van der Waals surface area contributed by atoms with Gasteiger partial charge in [-0.2, -0.15) is 0 Å². The SMILES string of the molecule is C1=c2sc3c(c2=CCC1)CCCC3. The maximum absolute atomic E-state index is 2.45. The van der Waals surface area contributed by atoms with Gasteiger partial charge in [0.2, 0.25) is 0 Å². The molecule has 3 rings (SSSR count). The normalized spacial score (nSPS) is 19.7. The molecule has 1 heteroatoms. The number of rotatable bonds is 0. The molecule has 0 spiro atoms. The van der Waals surface area contributed by atoms with Crippen LogP contribution in [-0.4, -0.2) is 0 Å². The highest BCUT2D eigenvalue weighted by Gasteiger charge is 2.14. The van der Waals surface area contributed by atoms with Crippen LogP contribution in [0.4, 0.5) is 0 Å². The summed E-state index contributed by atoms with van der Waals surface area (Å²) >= 11 is 2.05. The molecular weight excluding hydrogens is 176 g/mol. The van der Waals surface area contributed by atoms with Gasteiger partial charge in [0.25, 0.3) is 0 Å². The Bertz CT molecular complexity index is 436. The molecule has 0 saturated heterocycles. The first-order chi connectivity index (χ1) is 6.45. The lowest BCUT2D eigenvalue weighted by molar-refractivity contribution is 0.694. The van der Waals surface area contributed by atoms with E-state index in [4.69, 9.17) is 0 Å². The highest BCUT2D eigenvalue weighted by atomic mass is 32.1. The largest absolute Gasteiger partial charge is 0.140 e. The molecule has 1 aromatic rings. The molecule has 13 heavy (non-hydrogen) atoms. The minimum Gasteiger partial charge on any atom is -0.140 e. The Balaban J connectivity index is 2.33. The lowest BCUT2D eigenvalue weighted by Crippen LogP contribution is -2.24. The molecule has 0 amide bonds. The van der Waals surface area contributed by atoms with Crippen LogP contribution in [0.1, 0.15) is 36.1 Å². The van der Waals surface area contributed by atoms with Crippen LogP contribution >= 0.6 is 11.3 Å². The molecule has 0 saturated carbocycles. The fourth-order valence-electron chi connectivity index (χ4n) is 2.43. The van der Waals surface area contributed by atoms with E-state index >= 15 is 0 Å². The molecule has 0 nitrogen and oxygen atoms in total. The fourth-order valence-corrected chi connectivity index (χ4v) is 3.79. The Labute approximate surface area is 82.6 Å². The van der Waals surface area contributed by atoms with E-state index in [9.17, 15) is 0 Å². The van der Waals surface area contributed by atoms with E-state index in [-0.39, 0.29) is 0 Å². The Morgan fingerprint density at radius 2 is 1.85 bits per heavy atom. The molecule has 1 heterocycles. The third kappa shape index (κ3) is 1.18. The fraction of sp³-hybridized carbons (Fsp3) is 0.500. The number of fused-ring (bicyclic) bond motifs is 3. The summed E-state index contributed by atoms with van der Waals surface area (Å²) in [6.45, 7) is 0. The first kappa shape index (κ1) is 7.81. The second kappa shape index (κ2) is 2.98. The monoisotopic (exact) mass is 190 g/mol. The molecule has 0 atom stereocenters. The number of thiophene rings is 1. The summed E-state index contributed by atoms with van der Waals surface area (Å²) in [5.74, 6) is 0. The molecule has 0 fully saturated rings. The quantitative estimate of drug-likeness (QED) is 0.587. The Kier molecular flexibility index (Phi) is 1.79. The summed E-state index contributed by atoms with van der Waals surface area (Å²) in [5, 5.41) is 1.60. The van der Waals surface area contributed by atoms with Crippen molar-refractivity contribution in [3.8, 4) is 0 Å². The lowest BCUT2D eigenvalue weighted by atomic mass is 9.96. The van der Waals surface area contributed by atoms with E-state index in [1.54, 1.807) is 20.2 Å². The number of hydrogen-bond acceptors (Lipinski definition) is 1. The first-order valence-corrected chi connectivity index (χ1v) is 6.08. The van der Waals surface area contributed by atoms with Crippen molar-refractivity contribution >= 4 is 23.5 Å². The second-order valence-electron chi connectivity index (χ2n) is 3.97. The molecule has 2 aliphatic carbocycles. The summed E-state index contributed by atoms with van der Waals surface area (Å²) in [5.41, 5.74) is 1.70. The van der Waals surface area contributed by atoms with E-state index in [0.717, 1.165) is 0 Å². The van der Waals surface area contributed by atoms with Crippen LogP contribution in [0.25, 0.3) is 12.2 Å². The van der Waals surface area contributed by atoms with Gasteiger partial charge < -0.3 is 0 Å². The highest BCUT2D eigenvalue weighted by Crippen LogP contribution is 2.21. The van der Waals surface area contributed by atoms with Crippen LogP contribution in [0, 0.1) is 0 Å². The van der Waals surface area contributed by atoms with Gasteiger partial charge in [-0.1, -0.05) is 12.2 Å². The van der Waals surface area contributed by atoms with Crippen molar-refractivity contribution in [1.82, 2.24) is 0 Å². The van der Waals surface area contributed by atoms with Crippen molar-refractivity contribution in [2.75, 3.05) is 0 Å². The van der Waals surface area contributed by atoms with E-state index in [1.807, 2.05) is 0 Å². The highest BCUT2D eigenvalue weighted by molar-refractivity contribution is 7.10. The molecule has 2 aliphatic rings. The molecule has 68 valence electrons. The Morgan fingerprint density at radius 3 is 2.85 bits per heavy atom. The second-order valence-corrected chi connectivity index (χ2v) is 5.11.